The molecule has 154 valence electrons. The molecule has 3 aliphatic rings. The number of rotatable bonds is 4. The van der Waals surface area contributed by atoms with Crippen LogP contribution in [0, 0.1) is 5.92 Å². The van der Waals surface area contributed by atoms with Crippen molar-refractivity contribution in [3.05, 3.63) is 25.0 Å². The summed E-state index contributed by atoms with van der Waals surface area (Å²) in [5.74, 6) is 1.88. The van der Waals surface area contributed by atoms with E-state index in [1.54, 1.807) is 11.0 Å². The lowest BCUT2D eigenvalue weighted by Gasteiger charge is -2.45. The van der Waals surface area contributed by atoms with Crippen molar-refractivity contribution < 1.29 is 4.79 Å². The summed E-state index contributed by atoms with van der Waals surface area (Å²) in [7, 11) is 0. The van der Waals surface area contributed by atoms with Crippen molar-refractivity contribution in [3.63, 3.8) is 0 Å². The molecule has 1 aliphatic carbocycles. The minimum absolute atomic E-state index is 0.0704. The van der Waals surface area contributed by atoms with E-state index in [0.29, 0.717) is 11.7 Å². The Kier molecular flexibility index (Phi) is 5.13. The second-order valence-corrected chi connectivity index (χ2v) is 8.33. The Morgan fingerprint density at radius 3 is 2.41 bits per heavy atom. The number of hydrogen-bond donors (Lipinski definition) is 0. The first-order chi connectivity index (χ1) is 14.3. The predicted molar refractivity (Wildman–Crippen MR) is 108 cm³/mol. The highest BCUT2D eigenvalue weighted by Gasteiger charge is 2.37. The molecular formula is C20H28N8O. The van der Waals surface area contributed by atoms with E-state index in [1.165, 1.54) is 44.8 Å². The first-order valence-electron chi connectivity index (χ1n) is 10.7. The molecule has 0 radical (unpaired) electrons. The van der Waals surface area contributed by atoms with E-state index in [-0.39, 0.29) is 5.92 Å². The average molecular weight is 396 g/mol. The molecule has 3 fully saturated rings. The molecule has 9 nitrogen and oxygen atoms in total. The fourth-order valence-corrected chi connectivity index (χ4v) is 4.80. The Morgan fingerprint density at radius 2 is 1.69 bits per heavy atom. The highest BCUT2D eigenvalue weighted by Crippen LogP contribution is 2.27. The minimum atomic E-state index is 0.0704. The van der Waals surface area contributed by atoms with Gasteiger partial charge in [0.1, 0.15) is 24.8 Å². The van der Waals surface area contributed by atoms with Gasteiger partial charge in [-0.2, -0.15) is 5.10 Å². The van der Waals surface area contributed by atoms with Crippen LogP contribution in [0.15, 0.2) is 25.0 Å². The van der Waals surface area contributed by atoms with Crippen LogP contribution in [-0.4, -0.2) is 85.7 Å². The van der Waals surface area contributed by atoms with Crippen molar-refractivity contribution in [2.24, 2.45) is 5.92 Å². The molecule has 2 saturated heterocycles. The largest absolute Gasteiger partial charge is 0.355 e. The summed E-state index contributed by atoms with van der Waals surface area (Å²) >= 11 is 0. The molecule has 0 N–H and O–H groups in total. The molecule has 2 aliphatic heterocycles. The molecule has 0 atom stereocenters. The van der Waals surface area contributed by atoms with Gasteiger partial charge >= 0.3 is 0 Å². The van der Waals surface area contributed by atoms with E-state index in [2.05, 4.69) is 34.8 Å². The Hall–Kier alpha value is -2.55. The van der Waals surface area contributed by atoms with Crippen molar-refractivity contribution in [2.45, 2.75) is 38.1 Å². The topological polar surface area (TPSA) is 83.3 Å². The Balaban J connectivity index is 1.13. The number of carbonyl (C=O) groups excluding carboxylic acids is 1. The zero-order valence-electron chi connectivity index (χ0n) is 16.7. The highest BCUT2D eigenvalue weighted by molar-refractivity contribution is 5.82. The molecule has 4 heterocycles. The first kappa shape index (κ1) is 18.5. The molecule has 9 heteroatoms. The normalized spacial score (nSPS) is 21.9. The van der Waals surface area contributed by atoms with E-state index >= 15 is 0 Å². The van der Waals surface area contributed by atoms with Crippen molar-refractivity contribution >= 4 is 11.7 Å². The number of amides is 1. The summed E-state index contributed by atoms with van der Waals surface area (Å²) in [6, 6.07) is 2.63. The molecule has 0 bridgehead atoms. The first-order valence-corrected chi connectivity index (χ1v) is 10.7. The third kappa shape index (κ3) is 3.83. The van der Waals surface area contributed by atoms with Gasteiger partial charge in [-0.3, -0.25) is 9.69 Å². The Labute approximate surface area is 170 Å². The number of carbonyl (C=O) groups is 1. The van der Waals surface area contributed by atoms with Gasteiger partial charge in [-0.05, 0) is 12.8 Å². The van der Waals surface area contributed by atoms with Crippen molar-refractivity contribution in [1.29, 1.82) is 0 Å². The molecule has 0 spiro atoms. The molecule has 29 heavy (non-hydrogen) atoms. The van der Waals surface area contributed by atoms with Gasteiger partial charge in [-0.25, -0.2) is 19.6 Å². The van der Waals surface area contributed by atoms with Crippen LogP contribution in [0.25, 0.3) is 5.82 Å². The van der Waals surface area contributed by atoms with Gasteiger partial charge in [0, 0.05) is 51.4 Å². The van der Waals surface area contributed by atoms with Crippen LogP contribution in [0.5, 0.6) is 0 Å². The molecule has 2 aromatic rings. The van der Waals surface area contributed by atoms with Gasteiger partial charge in [0.15, 0.2) is 5.82 Å². The van der Waals surface area contributed by atoms with Crippen LogP contribution in [0.1, 0.15) is 32.1 Å². The minimum Gasteiger partial charge on any atom is -0.355 e. The van der Waals surface area contributed by atoms with Crippen molar-refractivity contribution in [2.75, 3.05) is 44.2 Å². The SMILES string of the molecule is O=C(C1CN(c2cc(-n3cncn3)ncn2)C1)N1CCN(C2CCCCC2)CC1. The van der Waals surface area contributed by atoms with Gasteiger partial charge in [-0.1, -0.05) is 19.3 Å². The number of anilines is 1. The highest BCUT2D eigenvalue weighted by atomic mass is 16.2. The third-order valence-corrected chi connectivity index (χ3v) is 6.56. The fraction of sp³-hybridized carbons (Fsp3) is 0.650. The monoisotopic (exact) mass is 396 g/mol. The third-order valence-electron chi connectivity index (χ3n) is 6.56. The summed E-state index contributed by atoms with van der Waals surface area (Å²) in [6.45, 7) is 5.23. The summed E-state index contributed by atoms with van der Waals surface area (Å²) < 4.78 is 1.61. The lowest BCUT2D eigenvalue weighted by molar-refractivity contribution is -0.138. The Bertz CT molecular complexity index is 821. The van der Waals surface area contributed by atoms with E-state index < -0.39 is 0 Å². The molecule has 5 rings (SSSR count). The van der Waals surface area contributed by atoms with Gasteiger partial charge < -0.3 is 9.80 Å². The van der Waals surface area contributed by atoms with Gasteiger partial charge in [0.05, 0.1) is 5.92 Å². The van der Waals surface area contributed by atoms with Crippen LogP contribution in [0.3, 0.4) is 0 Å². The molecular weight excluding hydrogens is 368 g/mol. The van der Waals surface area contributed by atoms with E-state index in [0.717, 1.165) is 51.1 Å². The van der Waals surface area contributed by atoms with E-state index in [1.807, 2.05) is 6.07 Å². The molecule has 1 amide bonds. The maximum absolute atomic E-state index is 12.9. The zero-order chi connectivity index (χ0) is 19.6. The predicted octanol–water partition coefficient (Wildman–Crippen LogP) is 0.970. The quantitative estimate of drug-likeness (QED) is 0.761. The maximum Gasteiger partial charge on any atom is 0.229 e. The summed E-state index contributed by atoms with van der Waals surface area (Å²) in [5, 5.41) is 4.11. The molecule has 1 saturated carbocycles. The van der Waals surface area contributed by atoms with Crippen molar-refractivity contribution in [1.82, 2.24) is 34.5 Å². The zero-order valence-corrected chi connectivity index (χ0v) is 16.7. The standard InChI is InChI=1S/C20H28N8O/c29-20(26-8-6-25(7-9-26)17-4-2-1-3-5-17)16-11-27(12-16)18-10-19(23-14-22-18)28-15-21-13-24-28/h10,13-17H,1-9,11-12H2. The lowest BCUT2D eigenvalue weighted by Crippen LogP contribution is -2.59. The average Bonchev–Trinajstić information content (AvgIpc) is 3.29. The van der Waals surface area contributed by atoms with E-state index in [4.69, 9.17) is 0 Å². The van der Waals surface area contributed by atoms with Crippen LogP contribution in [0.2, 0.25) is 0 Å². The second kappa shape index (κ2) is 8.06. The molecule has 0 unspecified atom stereocenters. The van der Waals surface area contributed by atoms with Gasteiger partial charge in [0.25, 0.3) is 0 Å². The summed E-state index contributed by atoms with van der Waals surface area (Å²) in [6.07, 6.45) is 11.4. The summed E-state index contributed by atoms with van der Waals surface area (Å²) in [4.78, 5) is 32.3. The van der Waals surface area contributed by atoms with Crippen LogP contribution in [0.4, 0.5) is 5.82 Å². The smallest absolute Gasteiger partial charge is 0.229 e. The van der Waals surface area contributed by atoms with Crippen LogP contribution < -0.4 is 4.90 Å². The Morgan fingerprint density at radius 1 is 0.931 bits per heavy atom. The number of hydrogen-bond acceptors (Lipinski definition) is 7. The van der Waals surface area contributed by atoms with Crippen molar-refractivity contribution in [3.8, 4) is 5.82 Å². The molecule has 0 aromatic carbocycles. The summed E-state index contributed by atoms with van der Waals surface area (Å²) in [5.41, 5.74) is 0. The number of piperazine rings is 1. The van der Waals surface area contributed by atoms with E-state index in [9.17, 15) is 4.79 Å². The number of aromatic nitrogens is 5. The lowest BCUT2D eigenvalue weighted by atomic mass is 9.93. The second-order valence-electron chi connectivity index (χ2n) is 8.33. The van der Waals surface area contributed by atoms with Gasteiger partial charge in [-0.15, -0.1) is 0 Å². The molecule has 2 aromatic heterocycles. The fourth-order valence-electron chi connectivity index (χ4n) is 4.80. The maximum atomic E-state index is 12.9. The van der Waals surface area contributed by atoms with Gasteiger partial charge in [0.2, 0.25) is 5.91 Å². The number of nitrogens with zero attached hydrogens (tertiary/aromatic N) is 8. The van der Waals surface area contributed by atoms with Crippen LogP contribution in [-0.2, 0) is 4.79 Å². The van der Waals surface area contributed by atoms with Crippen LogP contribution >= 0.6 is 0 Å².